The van der Waals surface area contributed by atoms with E-state index >= 15 is 0 Å². The van der Waals surface area contributed by atoms with Crippen LogP contribution in [-0.2, 0) is 9.53 Å². The fourth-order valence-corrected chi connectivity index (χ4v) is 6.70. The number of allylic oxidation sites excluding steroid dienone is 2. The Morgan fingerprint density at radius 1 is 0.583 bits per heavy atom. The Kier molecular flexibility index (Phi) is 38.1. The number of unbranched alkanes of at least 4 members (excludes halogenated alkanes) is 23. The molecule has 2 unspecified atom stereocenters. The SMILES string of the molecule is CCCCCCCC/C=C\CCCCCCCCN(CCCCCCOC(=O)C(CCCCCC)CCCCCCCC)CC(O)CN. The third-order valence-corrected chi connectivity index (χ3v) is 9.99. The summed E-state index contributed by atoms with van der Waals surface area (Å²) in [7, 11) is 0. The molecule has 0 aromatic rings. The molecule has 0 amide bonds. The second-order valence-electron chi connectivity index (χ2n) is 14.8. The van der Waals surface area contributed by atoms with Crippen molar-refractivity contribution in [3.8, 4) is 0 Å². The molecular weight excluding hydrogens is 592 g/mol. The van der Waals surface area contributed by atoms with Crippen molar-refractivity contribution in [1.29, 1.82) is 0 Å². The highest BCUT2D eigenvalue weighted by Gasteiger charge is 2.19. The molecule has 0 aromatic heterocycles. The Bertz CT molecular complexity index is 670. The van der Waals surface area contributed by atoms with Crippen LogP contribution in [0.4, 0.5) is 0 Å². The smallest absolute Gasteiger partial charge is 0.308 e. The number of aliphatic hydroxyl groups excluding tert-OH is 1. The van der Waals surface area contributed by atoms with Crippen LogP contribution >= 0.6 is 0 Å². The summed E-state index contributed by atoms with van der Waals surface area (Å²) in [5.74, 6) is 0.148. The van der Waals surface area contributed by atoms with Gasteiger partial charge in [0.15, 0.2) is 0 Å². The first-order valence-corrected chi connectivity index (χ1v) is 21.5. The lowest BCUT2D eigenvalue weighted by Gasteiger charge is -2.24. The first kappa shape index (κ1) is 47.1. The minimum absolute atomic E-state index is 0.0534. The van der Waals surface area contributed by atoms with Crippen LogP contribution < -0.4 is 5.73 Å². The molecule has 0 aliphatic carbocycles. The number of rotatable bonds is 39. The van der Waals surface area contributed by atoms with Crippen molar-refractivity contribution >= 4 is 5.97 Å². The third-order valence-electron chi connectivity index (χ3n) is 9.99. The summed E-state index contributed by atoms with van der Waals surface area (Å²) in [4.78, 5) is 15.3. The van der Waals surface area contributed by atoms with Gasteiger partial charge in [0.1, 0.15) is 0 Å². The molecule has 286 valence electrons. The fourth-order valence-electron chi connectivity index (χ4n) is 6.70. The van der Waals surface area contributed by atoms with Crippen LogP contribution in [0.15, 0.2) is 12.2 Å². The first-order chi connectivity index (χ1) is 23.6. The van der Waals surface area contributed by atoms with Gasteiger partial charge < -0.3 is 20.5 Å². The molecule has 0 aliphatic rings. The molecule has 0 fully saturated rings. The van der Waals surface area contributed by atoms with Gasteiger partial charge in [-0.2, -0.15) is 0 Å². The van der Waals surface area contributed by atoms with Crippen molar-refractivity contribution in [2.24, 2.45) is 11.7 Å². The van der Waals surface area contributed by atoms with Crippen LogP contribution in [0, 0.1) is 5.92 Å². The van der Waals surface area contributed by atoms with E-state index in [0.29, 0.717) is 19.7 Å². The Morgan fingerprint density at radius 2 is 0.979 bits per heavy atom. The van der Waals surface area contributed by atoms with E-state index in [4.69, 9.17) is 10.5 Å². The lowest BCUT2D eigenvalue weighted by Crippen LogP contribution is -2.37. The minimum Gasteiger partial charge on any atom is -0.465 e. The van der Waals surface area contributed by atoms with Crippen molar-refractivity contribution in [2.75, 3.05) is 32.8 Å². The maximum absolute atomic E-state index is 12.9. The molecule has 0 heterocycles. The second kappa shape index (κ2) is 38.9. The number of hydrogen-bond acceptors (Lipinski definition) is 5. The van der Waals surface area contributed by atoms with Crippen LogP contribution in [0.2, 0.25) is 0 Å². The highest BCUT2D eigenvalue weighted by molar-refractivity contribution is 5.72. The number of aliphatic hydroxyl groups is 1. The van der Waals surface area contributed by atoms with E-state index in [1.54, 1.807) is 0 Å². The first-order valence-electron chi connectivity index (χ1n) is 21.5. The van der Waals surface area contributed by atoms with Gasteiger partial charge in [-0.3, -0.25) is 4.79 Å². The molecule has 0 aliphatic heterocycles. The van der Waals surface area contributed by atoms with Crippen LogP contribution in [-0.4, -0.2) is 54.9 Å². The zero-order chi connectivity index (χ0) is 35.2. The third kappa shape index (κ3) is 33.6. The van der Waals surface area contributed by atoms with E-state index in [0.717, 1.165) is 64.5 Å². The van der Waals surface area contributed by atoms with Crippen molar-refractivity contribution in [2.45, 2.75) is 219 Å². The summed E-state index contributed by atoms with van der Waals surface area (Å²) in [5.41, 5.74) is 5.73. The topological polar surface area (TPSA) is 75.8 Å². The van der Waals surface area contributed by atoms with E-state index in [1.165, 1.54) is 141 Å². The molecule has 0 saturated carbocycles. The predicted molar refractivity (Wildman–Crippen MR) is 211 cm³/mol. The van der Waals surface area contributed by atoms with Crippen molar-refractivity contribution in [3.05, 3.63) is 12.2 Å². The van der Waals surface area contributed by atoms with E-state index < -0.39 is 6.10 Å². The van der Waals surface area contributed by atoms with Gasteiger partial charge in [0, 0.05) is 13.1 Å². The Labute approximate surface area is 301 Å². The normalized spacial score (nSPS) is 13.1. The molecule has 0 rings (SSSR count). The average Bonchev–Trinajstić information content (AvgIpc) is 3.09. The number of carbonyl (C=O) groups excluding carboxylic acids is 1. The summed E-state index contributed by atoms with van der Waals surface area (Å²) in [6.07, 6.45) is 41.7. The molecule has 5 heteroatoms. The highest BCUT2D eigenvalue weighted by Crippen LogP contribution is 2.21. The standard InChI is InChI=1S/C43H86N2O3/c1-4-7-10-13-15-16-17-18-19-20-21-22-23-24-26-31-36-45(40-42(46)39-44)37-32-27-28-33-38-48-43(47)41(34-29-12-9-6-3)35-30-25-14-11-8-5-2/h18-19,41-42,46H,4-17,20-40,44H2,1-3H3/b19-18-. The maximum atomic E-state index is 12.9. The van der Waals surface area contributed by atoms with Crippen molar-refractivity contribution in [3.63, 3.8) is 0 Å². The second-order valence-corrected chi connectivity index (χ2v) is 14.8. The zero-order valence-electron chi connectivity index (χ0n) is 32.8. The Balaban J connectivity index is 4.06. The Morgan fingerprint density at radius 3 is 1.46 bits per heavy atom. The number of ether oxygens (including phenoxy) is 1. The summed E-state index contributed by atoms with van der Waals surface area (Å²) >= 11 is 0. The van der Waals surface area contributed by atoms with E-state index in [2.05, 4.69) is 37.8 Å². The van der Waals surface area contributed by atoms with Gasteiger partial charge in [0.25, 0.3) is 0 Å². The Hall–Kier alpha value is -0.910. The lowest BCUT2D eigenvalue weighted by molar-refractivity contribution is -0.149. The van der Waals surface area contributed by atoms with E-state index in [9.17, 15) is 9.90 Å². The number of hydrogen-bond donors (Lipinski definition) is 2. The van der Waals surface area contributed by atoms with Gasteiger partial charge in [-0.1, -0.05) is 168 Å². The fraction of sp³-hybridized carbons (Fsp3) is 0.930. The highest BCUT2D eigenvalue weighted by atomic mass is 16.5. The zero-order valence-corrected chi connectivity index (χ0v) is 32.8. The summed E-state index contributed by atoms with van der Waals surface area (Å²) < 4.78 is 5.79. The number of carbonyl (C=O) groups is 1. The van der Waals surface area contributed by atoms with Crippen molar-refractivity contribution < 1.29 is 14.6 Å². The van der Waals surface area contributed by atoms with Gasteiger partial charge in [-0.25, -0.2) is 0 Å². The molecule has 0 radical (unpaired) electrons. The molecule has 2 atom stereocenters. The van der Waals surface area contributed by atoms with Gasteiger partial charge in [0.05, 0.1) is 18.6 Å². The van der Waals surface area contributed by atoms with E-state index in [1.807, 2.05) is 0 Å². The van der Waals surface area contributed by atoms with Crippen molar-refractivity contribution in [1.82, 2.24) is 4.90 Å². The maximum Gasteiger partial charge on any atom is 0.308 e. The van der Waals surface area contributed by atoms with Crippen LogP contribution in [0.5, 0.6) is 0 Å². The number of nitrogens with zero attached hydrogens (tertiary/aromatic N) is 1. The molecule has 3 N–H and O–H groups in total. The van der Waals surface area contributed by atoms with Crippen LogP contribution in [0.1, 0.15) is 213 Å². The van der Waals surface area contributed by atoms with Crippen LogP contribution in [0.3, 0.4) is 0 Å². The molecular formula is C43H86N2O3. The van der Waals surface area contributed by atoms with Gasteiger partial charge in [0.2, 0.25) is 0 Å². The molecule has 5 nitrogen and oxygen atoms in total. The largest absolute Gasteiger partial charge is 0.465 e. The molecule has 0 aromatic carbocycles. The molecule has 48 heavy (non-hydrogen) atoms. The number of esters is 1. The summed E-state index contributed by atoms with van der Waals surface area (Å²) in [5, 5.41) is 10.2. The van der Waals surface area contributed by atoms with Gasteiger partial charge >= 0.3 is 5.97 Å². The molecule has 0 spiro atoms. The minimum atomic E-state index is -0.440. The average molecular weight is 679 g/mol. The monoisotopic (exact) mass is 679 g/mol. The molecule has 0 bridgehead atoms. The van der Waals surface area contributed by atoms with E-state index in [-0.39, 0.29) is 11.9 Å². The molecule has 0 saturated heterocycles. The van der Waals surface area contributed by atoms with Gasteiger partial charge in [-0.15, -0.1) is 0 Å². The van der Waals surface area contributed by atoms with Gasteiger partial charge in [-0.05, 0) is 70.9 Å². The quantitative estimate of drug-likeness (QED) is 0.0384. The summed E-state index contributed by atoms with van der Waals surface area (Å²) in [6, 6.07) is 0. The summed E-state index contributed by atoms with van der Waals surface area (Å²) in [6.45, 7) is 10.4. The predicted octanol–water partition coefficient (Wildman–Crippen LogP) is 12.1. The lowest BCUT2D eigenvalue weighted by atomic mass is 9.94. The van der Waals surface area contributed by atoms with Crippen LogP contribution in [0.25, 0.3) is 0 Å². The number of nitrogens with two attached hydrogens (primary N) is 1.